The van der Waals surface area contributed by atoms with Crippen LogP contribution in [0.1, 0.15) is 75.6 Å². The Morgan fingerprint density at radius 2 is 1.32 bits per heavy atom. The van der Waals surface area contributed by atoms with Crippen molar-refractivity contribution in [3.05, 3.63) is 209 Å². The molecule has 10 rings (SSSR count). The molecule has 6 aromatic carbocycles. The van der Waals surface area contributed by atoms with Crippen LogP contribution in [0.3, 0.4) is 0 Å². The lowest BCUT2D eigenvalue weighted by Gasteiger charge is -2.31. The van der Waals surface area contributed by atoms with Crippen molar-refractivity contribution in [3.63, 3.8) is 0 Å². The molecule has 0 aromatic heterocycles. The van der Waals surface area contributed by atoms with Crippen LogP contribution < -0.4 is 68.2 Å². The summed E-state index contributed by atoms with van der Waals surface area (Å²) < 4.78 is 8.39. The maximum absolute atomic E-state index is 15.5. The molecule has 9 amide bonds. The number of phenolic OH excluding ortho intramolecular Hbond substituents is 1. The van der Waals surface area contributed by atoms with Crippen LogP contribution in [0.2, 0.25) is 0 Å². The summed E-state index contributed by atoms with van der Waals surface area (Å²) >= 11 is 0. The van der Waals surface area contributed by atoms with E-state index in [1.54, 1.807) is 115 Å². The van der Waals surface area contributed by atoms with Gasteiger partial charge in [0.15, 0.2) is 0 Å². The molecule has 2 fully saturated rings. The quantitative estimate of drug-likeness (QED) is 0.0263. The number of nitrogens with two attached hydrogens (primary N) is 1. The standard InChI is InChI=1S/C80H88N12O16S2/c1-45-70(95)84-60(37-47-18-11-7-12-19-47)75(100)89-64(80(106)107)44-110-109-43-63(76(101)83-58(33-34-68(81)94)72(97)86-59(73(98)82-45)36-46-16-9-6-10-17-46)88-77(102)65-22-15-35-92(65)78(103)62(39-48-20-13-8-14-21-48)87-74(99)61(38-49-23-28-53(93)29-24-49)85-71(96)50-25-30-54(79(104)105)57(40-50)69-55-31-26-51(90(2)3)41-66(55)108-67-42-52(91(4)5)27-32-56(67)69/h6-14,16-21,23-32,40-42,45,58-65,75,89,100H,15,22,33-39,43-44H2,1-5H3,(H11-,81,82,83,84,85,86,87,88,93,94,95,96,97,98,99,101,102,104,105,106,107)/t45-,58-,59-,60-,61-,62-,63+,64-,65-,75?/m0/s1. The summed E-state index contributed by atoms with van der Waals surface area (Å²) in [6.07, 6.45) is -2.75. The number of amides is 9. The Morgan fingerprint density at radius 3 is 1.96 bits per heavy atom. The van der Waals surface area contributed by atoms with E-state index in [1.165, 1.54) is 42.2 Å². The molecule has 6 aromatic rings. The lowest BCUT2D eigenvalue weighted by molar-refractivity contribution is -0.255. The number of likely N-dealkylation sites (tertiary alicyclic amines) is 1. The summed E-state index contributed by atoms with van der Waals surface area (Å²) in [5, 5.41) is 68.8. The first-order valence-electron chi connectivity index (χ1n) is 35.7. The number of benzene rings is 7. The molecular weight excluding hydrogens is 1450 g/mol. The van der Waals surface area contributed by atoms with Gasteiger partial charge in [-0.15, -0.1) is 0 Å². The average Bonchev–Trinajstić information content (AvgIpc) is 0.876. The van der Waals surface area contributed by atoms with Crippen molar-refractivity contribution in [2.24, 2.45) is 5.73 Å². The predicted octanol–water partition coefficient (Wildman–Crippen LogP) is 2.38. The molecule has 3 aliphatic heterocycles. The van der Waals surface area contributed by atoms with Gasteiger partial charge in [-0.3, -0.25) is 53.3 Å². The largest absolute Gasteiger partial charge is 0.545 e. The lowest BCUT2D eigenvalue weighted by atomic mass is 9.89. The number of aromatic carboxylic acids is 1. The molecule has 0 bridgehead atoms. The Hall–Kier alpha value is -11.6. The van der Waals surface area contributed by atoms with Gasteiger partial charge >= 0.3 is 5.97 Å². The number of carbonyl (C=O) groups excluding carboxylic acids is 10. The number of hydrogen-bond acceptors (Lipinski definition) is 19. The van der Waals surface area contributed by atoms with Gasteiger partial charge in [0, 0.05) is 103 Å². The third-order valence-electron chi connectivity index (χ3n) is 19.1. The van der Waals surface area contributed by atoms with Crippen LogP contribution in [-0.2, 0) is 68.8 Å². The van der Waals surface area contributed by atoms with Gasteiger partial charge in [-0.05, 0) is 103 Å². The molecule has 10 atom stereocenters. The summed E-state index contributed by atoms with van der Waals surface area (Å²) in [7, 11) is 9.32. The van der Waals surface area contributed by atoms with Crippen LogP contribution >= 0.6 is 21.6 Å². The van der Waals surface area contributed by atoms with Crippen molar-refractivity contribution in [1.29, 1.82) is 0 Å². The summed E-state index contributed by atoms with van der Waals surface area (Å²) in [5.41, 5.74) is 9.79. The fourth-order valence-electron chi connectivity index (χ4n) is 13.1. The van der Waals surface area contributed by atoms with Crippen LogP contribution in [-0.4, -0.2) is 192 Å². The third kappa shape index (κ3) is 21.2. The zero-order valence-electron chi connectivity index (χ0n) is 61.1. The molecule has 0 spiro atoms. The van der Waals surface area contributed by atoms with Gasteiger partial charge in [-0.2, -0.15) is 0 Å². The highest BCUT2D eigenvalue weighted by atomic mass is 33.1. The second-order valence-corrected chi connectivity index (χ2v) is 30.0. The molecule has 30 heteroatoms. The summed E-state index contributed by atoms with van der Waals surface area (Å²) in [6.45, 7) is 1.35. The van der Waals surface area contributed by atoms with Gasteiger partial charge in [0.05, 0.1) is 18.1 Å². The number of fused-ring (bicyclic) bond motifs is 2. The number of aromatic hydroxyl groups is 1. The number of rotatable bonds is 22. The number of anilines is 1. The van der Waals surface area contributed by atoms with Crippen molar-refractivity contribution in [1.82, 2.24) is 52.0 Å². The maximum Gasteiger partial charge on any atom is 0.321 e. The molecule has 576 valence electrons. The number of aliphatic hydroxyl groups is 1. The van der Waals surface area contributed by atoms with E-state index in [2.05, 4.69) is 42.5 Å². The minimum absolute atomic E-state index is 0.00245. The van der Waals surface area contributed by atoms with E-state index < -0.39 is 139 Å². The van der Waals surface area contributed by atoms with Crippen LogP contribution in [0.25, 0.3) is 33.4 Å². The number of primary amides is 1. The second kappa shape index (κ2) is 37.5. The van der Waals surface area contributed by atoms with Gasteiger partial charge < -0.3 is 82.4 Å². The monoisotopic (exact) mass is 1540 g/mol. The van der Waals surface area contributed by atoms with Crippen molar-refractivity contribution in [2.45, 2.75) is 119 Å². The smallest absolute Gasteiger partial charge is 0.321 e. The normalized spacial score (nSPS) is 20.1. The summed E-state index contributed by atoms with van der Waals surface area (Å²) in [6, 6.07) is 33.8. The Balaban J connectivity index is 0.946. The van der Waals surface area contributed by atoms with E-state index in [0.717, 1.165) is 32.6 Å². The maximum atomic E-state index is 15.5. The molecule has 1 aliphatic carbocycles. The van der Waals surface area contributed by atoms with E-state index in [1.807, 2.05) is 61.9 Å². The van der Waals surface area contributed by atoms with E-state index >= 15 is 19.2 Å². The molecule has 2 saturated heterocycles. The van der Waals surface area contributed by atoms with Gasteiger partial charge in [0.1, 0.15) is 85.8 Å². The van der Waals surface area contributed by atoms with Gasteiger partial charge in [-0.1, -0.05) is 131 Å². The Kier molecular flexibility index (Phi) is 27.6. The third-order valence-corrected chi connectivity index (χ3v) is 21.5. The number of aliphatic carboxylic acids is 1. The fourth-order valence-corrected chi connectivity index (χ4v) is 15.4. The molecule has 4 aliphatic rings. The minimum atomic E-state index is -1.70. The van der Waals surface area contributed by atoms with Crippen molar-refractivity contribution >= 4 is 103 Å². The summed E-state index contributed by atoms with van der Waals surface area (Å²) in [5.74, 6) is -10.9. The molecular formula is C80H88N12O16S2. The molecule has 28 nitrogen and oxygen atoms in total. The number of hydrogen-bond donors (Lipinski definition) is 12. The highest BCUT2D eigenvalue weighted by Crippen LogP contribution is 2.42. The number of carbonyl (C=O) groups is 11. The fraction of sp³-hybridized carbons (Fsp3) is 0.325. The Morgan fingerprint density at radius 1 is 0.691 bits per heavy atom. The van der Waals surface area contributed by atoms with E-state index in [4.69, 9.17) is 10.2 Å². The first-order chi connectivity index (χ1) is 52.7. The molecule has 0 radical (unpaired) electrons. The van der Waals surface area contributed by atoms with Gasteiger partial charge in [-0.25, -0.2) is 4.58 Å². The highest BCUT2D eigenvalue weighted by molar-refractivity contribution is 8.76. The number of nitrogens with one attached hydrogen (secondary N) is 8. The van der Waals surface area contributed by atoms with Crippen LogP contribution in [0.5, 0.6) is 5.75 Å². The minimum Gasteiger partial charge on any atom is -0.545 e. The first kappa shape index (κ1) is 80.9. The topological polar surface area (TPSA) is 416 Å². The predicted molar refractivity (Wildman–Crippen MR) is 413 cm³/mol. The number of aliphatic hydroxyl groups excluding tert-OH is 1. The molecule has 13 N–H and O–H groups in total. The van der Waals surface area contributed by atoms with E-state index in [9.17, 15) is 54.0 Å². The van der Waals surface area contributed by atoms with Crippen molar-refractivity contribution in [2.75, 3.05) is 51.1 Å². The SMILES string of the molecule is C[C@@H]1NC(=O)[C@H](Cc2ccccc2)NC(=O)[C@H](CCC(N)=O)NC(=O)[C@H](NC(=O)[C@@H]2CCCN2C(=O)[C@H](Cc2ccccc2)NC(=O)[C@H](Cc2ccc(O)cc2)NC(=O)c2ccc(C(=O)[O-])c(-c3c4ccc(=[N+](C)C)cc-4oc4cc(N(C)C)ccc34)c2)CSSC[C@@H](C(=O)O)NC(O)[C@H](Cc2ccccc2)NC1=O. The number of phenols is 1. The zero-order chi connectivity index (χ0) is 78.9. The zero-order valence-corrected chi connectivity index (χ0v) is 62.7. The van der Waals surface area contributed by atoms with Crippen molar-refractivity contribution in [3.8, 4) is 28.2 Å². The van der Waals surface area contributed by atoms with Crippen LogP contribution in [0, 0.1) is 0 Å². The van der Waals surface area contributed by atoms with Crippen LogP contribution in [0.15, 0.2) is 174 Å². The summed E-state index contributed by atoms with van der Waals surface area (Å²) in [4.78, 5) is 160. The molecule has 1 unspecified atom stereocenters. The van der Waals surface area contributed by atoms with Gasteiger partial charge in [0.25, 0.3) is 5.91 Å². The average molecular weight is 1540 g/mol. The second-order valence-electron chi connectivity index (χ2n) is 27.5. The molecule has 0 saturated carbocycles. The van der Waals surface area contributed by atoms with Crippen molar-refractivity contribution < 1.29 is 77.6 Å². The molecule has 110 heavy (non-hydrogen) atoms. The first-order valence-corrected chi connectivity index (χ1v) is 38.2. The number of carboxylic acid groups (broad SMARTS) is 2. The van der Waals surface area contributed by atoms with Crippen LogP contribution in [0.4, 0.5) is 5.69 Å². The highest BCUT2D eigenvalue weighted by Gasteiger charge is 2.41. The van der Waals surface area contributed by atoms with E-state index in [-0.39, 0.29) is 79.0 Å². The Labute approximate surface area is 642 Å². The Bertz CT molecular complexity index is 4740. The molecule has 3 heterocycles. The lowest BCUT2D eigenvalue weighted by Crippen LogP contribution is -2.61. The number of nitrogens with zero attached hydrogens (tertiary/aromatic N) is 3. The van der Waals surface area contributed by atoms with E-state index in [0.29, 0.717) is 50.1 Å². The number of carboxylic acids is 2. The van der Waals surface area contributed by atoms with Gasteiger partial charge in [0.2, 0.25) is 52.6 Å².